The summed E-state index contributed by atoms with van der Waals surface area (Å²) in [6.45, 7) is 8.74. The minimum Gasteiger partial charge on any atom is -0.385 e. The second-order valence-electron chi connectivity index (χ2n) is 8.80. The molecule has 1 heterocycles. The van der Waals surface area contributed by atoms with Crippen LogP contribution >= 0.6 is 24.0 Å². The van der Waals surface area contributed by atoms with Crippen molar-refractivity contribution in [2.24, 2.45) is 22.1 Å². The van der Waals surface area contributed by atoms with Crippen LogP contribution in [-0.4, -0.2) is 69.8 Å². The van der Waals surface area contributed by atoms with Crippen molar-refractivity contribution in [2.45, 2.75) is 64.7 Å². The van der Waals surface area contributed by atoms with Crippen LogP contribution in [0.4, 0.5) is 0 Å². The number of piperidine rings is 1. The number of unbranched alkanes of at least 4 members (excludes halogenated alkanes) is 1. The van der Waals surface area contributed by atoms with Crippen molar-refractivity contribution in [3.05, 3.63) is 0 Å². The normalized spacial score (nSPS) is 20.0. The van der Waals surface area contributed by atoms with Gasteiger partial charge in [0, 0.05) is 39.3 Å². The van der Waals surface area contributed by atoms with E-state index in [0.717, 1.165) is 83.9 Å². The largest absolute Gasteiger partial charge is 0.385 e. The maximum atomic E-state index is 11.3. The van der Waals surface area contributed by atoms with Crippen LogP contribution in [0, 0.1) is 11.3 Å². The number of guanidine groups is 1. The molecule has 0 aromatic rings. The van der Waals surface area contributed by atoms with Crippen molar-refractivity contribution in [1.82, 2.24) is 15.5 Å². The van der Waals surface area contributed by atoms with Gasteiger partial charge in [0.15, 0.2) is 5.96 Å². The topological polar surface area (TPSA) is 92.0 Å². The zero-order valence-electron chi connectivity index (χ0n) is 19.1. The first-order valence-corrected chi connectivity index (χ1v) is 11.6. The van der Waals surface area contributed by atoms with E-state index in [-0.39, 0.29) is 35.8 Å². The Kier molecular flexibility index (Phi) is 13.9. The van der Waals surface area contributed by atoms with Gasteiger partial charge >= 0.3 is 0 Å². The van der Waals surface area contributed by atoms with Crippen molar-refractivity contribution >= 4 is 35.8 Å². The van der Waals surface area contributed by atoms with E-state index >= 15 is 0 Å². The van der Waals surface area contributed by atoms with E-state index in [0.29, 0.717) is 5.41 Å². The number of nitrogens with zero attached hydrogens (tertiary/aromatic N) is 2. The standard InChI is InChI=1S/C22H43N5O2.HI/c1-3-24-21(26-18-22(12-17-29-2)10-4-5-11-22)25-13-6-7-14-27-15-8-19(9-16-27)20(23)28;/h19H,3-18H2,1-2H3,(H2,23,28)(H2,24,25,26);1H. The van der Waals surface area contributed by atoms with Gasteiger partial charge in [-0.15, -0.1) is 24.0 Å². The number of nitrogens with two attached hydrogens (primary N) is 1. The third-order valence-corrected chi connectivity index (χ3v) is 6.60. The number of nitrogens with one attached hydrogen (secondary N) is 2. The number of hydrogen-bond acceptors (Lipinski definition) is 4. The predicted octanol–water partition coefficient (Wildman–Crippen LogP) is 2.73. The zero-order chi connectivity index (χ0) is 21.0. The van der Waals surface area contributed by atoms with E-state index in [2.05, 4.69) is 22.5 Å². The number of aliphatic imine (C=N–C) groups is 1. The summed E-state index contributed by atoms with van der Waals surface area (Å²) in [6.07, 6.45) is 10.4. The van der Waals surface area contributed by atoms with Gasteiger partial charge in [-0.25, -0.2) is 0 Å². The van der Waals surface area contributed by atoms with Crippen LogP contribution in [0.5, 0.6) is 0 Å². The molecule has 7 nitrogen and oxygen atoms in total. The molecule has 0 bridgehead atoms. The molecule has 0 aromatic heterocycles. The molecule has 2 aliphatic rings. The molecule has 1 saturated heterocycles. The summed E-state index contributed by atoms with van der Waals surface area (Å²) in [5.41, 5.74) is 5.74. The number of methoxy groups -OCH3 is 1. The smallest absolute Gasteiger partial charge is 0.220 e. The second-order valence-corrected chi connectivity index (χ2v) is 8.80. The van der Waals surface area contributed by atoms with E-state index in [1.54, 1.807) is 7.11 Å². The molecule has 0 atom stereocenters. The summed E-state index contributed by atoms with van der Waals surface area (Å²) in [4.78, 5) is 18.6. The lowest BCUT2D eigenvalue weighted by Crippen LogP contribution is -2.40. The van der Waals surface area contributed by atoms with Gasteiger partial charge < -0.3 is 26.0 Å². The second kappa shape index (κ2) is 15.2. The molecule has 0 aromatic carbocycles. The highest BCUT2D eigenvalue weighted by Gasteiger charge is 2.33. The summed E-state index contributed by atoms with van der Waals surface area (Å²) >= 11 is 0. The lowest BCUT2D eigenvalue weighted by atomic mass is 9.83. The summed E-state index contributed by atoms with van der Waals surface area (Å²) in [5.74, 6) is 0.892. The quantitative estimate of drug-likeness (QED) is 0.154. The first-order chi connectivity index (χ1) is 14.1. The molecule has 0 radical (unpaired) electrons. The van der Waals surface area contributed by atoms with Gasteiger partial charge in [0.2, 0.25) is 5.91 Å². The van der Waals surface area contributed by atoms with Crippen LogP contribution in [0.2, 0.25) is 0 Å². The number of rotatable bonds is 12. The first kappa shape index (κ1) is 27.4. The Bertz CT molecular complexity index is 504. The van der Waals surface area contributed by atoms with E-state index < -0.39 is 0 Å². The lowest BCUT2D eigenvalue weighted by Gasteiger charge is -2.30. The third kappa shape index (κ3) is 9.68. The summed E-state index contributed by atoms with van der Waals surface area (Å²) in [5, 5.41) is 6.89. The number of ether oxygens (including phenoxy) is 1. The highest BCUT2D eigenvalue weighted by Crippen LogP contribution is 2.41. The molecular weight excluding hydrogens is 493 g/mol. The van der Waals surface area contributed by atoms with Gasteiger partial charge in [-0.2, -0.15) is 0 Å². The molecule has 1 aliphatic heterocycles. The zero-order valence-corrected chi connectivity index (χ0v) is 21.4. The van der Waals surface area contributed by atoms with E-state index in [1.165, 1.54) is 25.7 Å². The molecule has 1 aliphatic carbocycles. The number of likely N-dealkylation sites (tertiary alicyclic amines) is 1. The molecule has 30 heavy (non-hydrogen) atoms. The Morgan fingerprint density at radius 2 is 1.90 bits per heavy atom. The average molecular weight is 538 g/mol. The fourth-order valence-corrected chi connectivity index (χ4v) is 4.63. The number of amides is 1. The number of hydrogen-bond donors (Lipinski definition) is 3. The van der Waals surface area contributed by atoms with Crippen LogP contribution in [0.25, 0.3) is 0 Å². The molecule has 2 fully saturated rings. The van der Waals surface area contributed by atoms with E-state index in [4.69, 9.17) is 15.5 Å². The molecule has 0 unspecified atom stereocenters. The Morgan fingerprint density at radius 3 is 2.50 bits per heavy atom. The molecular formula is C22H44IN5O2. The maximum Gasteiger partial charge on any atom is 0.220 e. The highest BCUT2D eigenvalue weighted by molar-refractivity contribution is 14.0. The van der Waals surface area contributed by atoms with Crippen LogP contribution in [0.1, 0.15) is 64.7 Å². The number of halogens is 1. The van der Waals surface area contributed by atoms with Gasteiger partial charge in [-0.3, -0.25) is 9.79 Å². The molecule has 2 rings (SSSR count). The fourth-order valence-electron chi connectivity index (χ4n) is 4.63. The van der Waals surface area contributed by atoms with Gasteiger partial charge in [-0.1, -0.05) is 12.8 Å². The van der Waals surface area contributed by atoms with Crippen molar-refractivity contribution in [3.63, 3.8) is 0 Å². The van der Waals surface area contributed by atoms with Gasteiger partial charge in [0.1, 0.15) is 0 Å². The minimum absolute atomic E-state index is 0. The average Bonchev–Trinajstić information content (AvgIpc) is 3.19. The summed E-state index contributed by atoms with van der Waals surface area (Å²) in [7, 11) is 1.79. The number of carbonyl (C=O) groups is 1. The maximum absolute atomic E-state index is 11.3. The summed E-state index contributed by atoms with van der Waals surface area (Å²) in [6, 6.07) is 0. The Morgan fingerprint density at radius 1 is 1.20 bits per heavy atom. The number of primary amides is 1. The van der Waals surface area contributed by atoms with Crippen molar-refractivity contribution < 1.29 is 9.53 Å². The molecule has 0 spiro atoms. The van der Waals surface area contributed by atoms with Crippen molar-refractivity contribution in [2.75, 3.05) is 53.0 Å². The molecule has 8 heteroatoms. The van der Waals surface area contributed by atoms with Crippen molar-refractivity contribution in [1.29, 1.82) is 0 Å². The van der Waals surface area contributed by atoms with Gasteiger partial charge in [0.05, 0.1) is 0 Å². The first-order valence-electron chi connectivity index (χ1n) is 11.6. The Labute approximate surface area is 200 Å². The van der Waals surface area contributed by atoms with Crippen LogP contribution in [0.3, 0.4) is 0 Å². The number of carbonyl (C=O) groups excluding carboxylic acids is 1. The third-order valence-electron chi connectivity index (χ3n) is 6.60. The van der Waals surface area contributed by atoms with Crippen LogP contribution in [-0.2, 0) is 9.53 Å². The Balaban J connectivity index is 0.00000450. The minimum atomic E-state index is -0.134. The monoisotopic (exact) mass is 537 g/mol. The van der Waals surface area contributed by atoms with Crippen molar-refractivity contribution in [3.8, 4) is 0 Å². The summed E-state index contributed by atoms with van der Waals surface area (Å²) < 4.78 is 5.34. The lowest BCUT2D eigenvalue weighted by molar-refractivity contribution is -0.123. The SMILES string of the molecule is CCNC(=NCC1(CCOC)CCCC1)NCCCCN1CCC(C(N)=O)CC1.I. The molecule has 1 saturated carbocycles. The predicted molar refractivity (Wildman–Crippen MR) is 134 cm³/mol. The van der Waals surface area contributed by atoms with Gasteiger partial charge in [0.25, 0.3) is 0 Å². The van der Waals surface area contributed by atoms with Crippen LogP contribution < -0.4 is 16.4 Å². The molecule has 1 amide bonds. The Hall–Kier alpha value is -0.610. The van der Waals surface area contributed by atoms with Gasteiger partial charge in [-0.05, 0) is 76.9 Å². The molecule has 176 valence electrons. The molecule has 4 N–H and O–H groups in total. The van der Waals surface area contributed by atoms with Crippen LogP contribution in [0.15, 0.2) is 4.99 Å². The highest BCUT2D eigenvalue weighted by atomic mass is 127. The van der Waals surface area contributed by atoms with E-state index in [9.17, 15) is 4.79 Å². The fraction of sp³-hybridized carbons (Fsp3) is 0.909. The van der Waals surface area contributed by atoms with E-state index in [1.807, 2.05) is 0 Å².